The highest BCUT2D eigenvalue weighted by atomic mass is 28.1. The maximum atomic E-state index is 10.8. The summed E-state index contributed by atoms with van der Waals surface area (Å²) in [6.07, 6.45) is 0. The molecule has 0 heterocycles. The van der Waals surface area contributed by atoms with Crippen LogP contribution < -0.4 is 0 Å². The van der Waals surface area contributed by atoms with Gasteiger partial charge in [0, 0.05) is 29.9 Å². The lowest BCUT2D eigenvalue weighted by Crippen LogP contribution is -2.24. The molecule has 0 fully saturated rings. The maximum absolute atomic E-state index is 10.8. The molecule has 0 radical (unpaired) electrons. The average Bonchev–Trinajstić information content (AvgIpc) is 1.64. The predicted octanol–water partition coefficient (Wildman–Crippen LogP) is -0.752. The number of nitrogens with zero attached hydrogens (tertiary/aromatic N) is 1. The van der Waals surface area contributed by atoms with Crippen molar-refractivity contribution < 1.29 is 4.79 Å². The quantitative estimate of drug-likeness (QED) is 0.429. The van der Waals surface area contributed by atoms with E-state index in [1.165, 1.54) is 0 Å². The summed E-state index contributed by atoms with van der Waals surface area (Å²) in [5.74, 6) is 0.247. The molecular formula is C5H13NOSi. The predicted molar refractivity (Wildman–Crippen MR) is 38.1 cm³/mol. The van der Waals surface area contributed by atoms with Crippen LogP contribution in [-0.4, -0.2) is 35.1 Å². The molecule has 0 rings (SSSR count). The van der Waals surface area contributed by atoms with Gasteiger partial charge in [-0.05, 0) is 0 Å². The maximum Gasteiger partial charge on any atom is 0.221 e. The van der Waals surface area contributed by atoms with E-state index in [2.05, 4.69) is 0 Å². The Morgan fingerprint density at radius 2 is 2.00 bits per heavy atom. The van der Waals surface area contributed by atoms with E-state index in [1.54, 1.807) is 19.0 Å². The van der Waals surface area contributed by atoms with E-state index in [-0.39, 0.29) is 11.4 Å². The van der Waals surface area contributed by atoms with Crippen LogP contribution in [0.25, 0.3) is 0 Å². The van der Waals surface area contributed by atoms with E-state index in [0.29, 0.717) is 0 Å². The molecule has 0 aliphatic rings. The Labute approximate surface area is 53.3 Å². The lowest BCUT2D eigenvalue weighted by atomic mass is 10.4. The third kappa shape index (κ3) is 2.11. The first-order chi connectivity index (χ1) is 3.55. The highest BCUT2D eigenvalue weighted by Gasteiger charge is 2.06. The first-order valence-corrected chi connectivity index (χ1v) is 3.92. The summed E-state index contributed by atoms with van der Waals surface area (Å²) in [6.45, 7) is 1.95. The summed E-state index contributed by atoms with van der Waals surface area (Å²) in [7, 11) is 4.54. The molecule has 0 N–H and O–H groups in total. The van der Waals surface area contributed by atoms with Crippen molar-refractivity contribution >= 4 is 16.1 Å². The Morgan fingerprint density at radius 3 is 2.00 bits per heavy atom. The third-order valence-corrected chi connectivity index (χ3v) is 1.43. The molecule has 0 aromatic heterocycles. The van der Waals surface area contributed by atoms with Crippen LogP contribution in [0.2, 0.25) is 5.54 Å². The summed E-state index contributed by atoms with van der Waals surface area (Å²) < 4.78 is 0. The van der Waals surface area contributed by atoms with Crippen LogP contribution in [0.15, 0.2) is 0 Å². The summed E-state index contributed by atoms with van der Waals surface area (Å²) >= 11 is 0. The van der Waals surface area contributed by atoms with Gasteiger partial charge < -0.3 is 4.90 Å². The van der Waals surface area contributed by atoms with Gasteiger partial charge in [0.1, 0.15) is 0 Å². The van der Waals surface area contributed by atoms with Gasteiger partial charge in [-0.1, -0.05) is 6.92 Å². The van der Waals surface area contributed by atoms with Gasteiger partial charge in [0.2, 0.25) is 5.91 Å². The molecule has 8 heavy (non-hydrogen) atoms. The van der Waals surface area contributed by atoms with Crippen molar-refractivity contribution in [2.24, 2.45) is 0 Å². The van der Waals surface area contributed by atoms with E-state index in [1.807, 2.05) is 6.92 Å². The van der Waals surface area contributed by atoms with Gasteiger partial charge in [0.15, 0.2) is 0 Å². The van der Waals surface area contributed by atoms with Crippen LogP contribution >= 0.6 is 0 Å². The van der Waals surface area contributed by atoms with Crippen molar-refractivity contribution in [2.45, 2.75) is 12.5 Å². The fraction of sp³-hybridized carbons (Fsp3) is 0.800. The number of amides is 1. The van der Waals surface area contributed by atoms with Crippen LogP contribution in [0.1, 0.15) is 6.92 Å². The van der Waals surface area contributed by atoms with E-state index >= 15 is 0 Å². The molecule has 0 aromatic rings. The van der Waals surface area contributed by atoms with Crippen LogP contribution in [-0.2, 0) is 4.79 Å². The van der Waals surface area contributed by atoms with Gasteiger partial charge in [-0.2, -0.15) is 0 Å². The van der Waals surface area contributed by atoms with Crippen molar-refractivity contribution in [1.82, 2.24) is 4.90 Å². The molecule has 0 saturated heterocycles. The zero-order valence-electron chi connectivity index (χ0n) is 5.93. The molecule has 1 unspecified atom stereocenters. The van der Waals surface area contributed by atoms with Gasteiger partial charge in [0.25, 0.3) is 0 Å². The number of rotatable bonds is 1. The van der Waals surface area contributed by atoms with Gasteiger partial charge in [-0.25, -0.2) is 0 Å². The fourth-order valence-corrected chi connectivity index (χ4v) is 1.03. The second-order valence-corrected chi connectivity index (χ2v) is 4.12. The first-order valence-electron chi connectivity index (χ1n) is 2.77. The number of carbonyl (C=O) groups is 1. The fourth-order valence-electron chi connectivity index (χ4n) is 0.516. The molecule has 0 aliphatic heterocycles. The molecule has 1 atom stereocenters. The Morgan fingerprint density at radius 1 is 1.62 bits per heavy atom. The van der Waals surface area contributed by atoms with Crippen LogP contribution in [0.3, 0.4) is 0 Å². The normalized spacial score (nSPS) is 13.4. The van der Waals surface area contributed by atoms with Gasteiger partial charge >= 0.3 is 0 Å². The summed E-state index contributed by atoms with van der Waals surface area (Å²) in [4.78, 5) is 12.4. The molecule has 3 heteroatoms. The highest BCUT2D eigenvalue weighted by molar-refractivity contribution is 6.23. The zero-order valence-corrected chi connectivity index (χ0v) is 7.93. The number of carbonyl (C=O) groups excluding carboxylic acids is 1. The second kappa shape index (κ2) is 2.87. The summed E-state index contributed by atoms with van der Waals surface area (Å²) in [5, 5.41) is 0. The van der Waals surface area contributed by atoms with E-state index < -0.39 is 0 Å². The number of hydrogen-bond donors (Lipinski definition) is 0. The standard InChI is InChI=1S/C5H13NOSi/c1-4(8)5(7)6(2)3/h4H,1-3,8H3. The molecular weight excluding hydrogens is 118 g/mol. The Bertz CT molecular complexity index is 80.4. The second-order valence-electron chi connectivity index (χ2n) is 2.39. The molecule has 0 aliphatic carbocycles. The molecule has 0 spiro atoms. The molecule has 1 amide bonds. The molecule has 0 bridgehead atoms. The average molecular weight is 131 g/mol. The third-order valence-electron chi connectivity index (χ3n) is 0.935. The number of hydrogen-bond acceptors (Lipinski definition) is 1. The minimum atomic E-state index is 0.247. The van der Waals surface area contributed by atoms with Crippen molar-refractivity contribution in [2.75, 3.05) is 14.1 Å². The van der Waals surface area contributed by atoms with E-state index in [9.17, 15) is 4.79 Å². The van der Waals surface area contributed by atoms with Crippen LogP contribution in [0, 0.1) is 0 Å². The summed E-state index contributed by atoms with van der Waals surface area (Å²) in [6, 6.07) is 0. The molecule has 0 saturated carbocycles. The van der Waals surface area contributed by atoms with Gasteiger partial charge in [0.05, 0.1) is 0 Å². The summed E-state index contributed by atoms with van der Waals surface area (Å²) in [5.41, 5.74) is 0.269. The van der Waals surface area contributed by atoms with Gasteiger partial charge in [-0.3, -0.25) is 4.79 Å². The topological polar surface area (TPSA) is 20.3 Å². The lowest BCUT2D eigenvalue weighted by molar-refractivity contribution is -0.128. The first kappa shape index (κ1) is 7.69. The minimum Gasteiger partial charge on any atom is -0.349 e. The van der Waals surface area contributed by atoms with Gasteiger partial charge in [-0.15, -0.1) is 0 Å². The van der Waals surface area contributed by atoms with Crippen LogP contribution in [0.4, 0.5) is 0 Å². The molecule has 2 nitrogen and oxygen atoms in total. The Kier molecular flexibility index (Phi) is 2.75. The van der Waals surface area contributed by atoms with Crippen molar-refractivity contribution in [3.63, 3.8) is 0 Å². The smallest absolute Gasteiger partial charge is 0.221 e. The van der Waals surface area contributed by atoms with Crippen molar-refractivity contribution in [3.05, 3.63) is 0 Å². The van der Waals surface area contributed by atoms with Crippen molar-refractivity contribution in [1.29, 1.82) is 0 Å². The Hall–Kier alpha value is -0.313. The van der Waals surface area contributed by atoms with E-state index in [4.69, 9.17) is 0 Å². The SMILES string of the molecule is CC([SiH3])C(=O)N(C)C. The highest BCUT2D eigenvalue weighted by Crippen LogP contribution is 1.97. The van der Waals surface area contributed by atoms with Crippen LogP contribution in [0.5, 0.6) is 0 Å². The minimum absolute atomic E-state index is 0.247. The van der Waals surface area contributed by atoms with E-state index in [0.717, 1.165) is 10.2 Å². The monoisotopic (exact) mass is 131 g/mol. The lowest BCUT2D eigenvalue weighted by Gasteiger charge is -2.11. The molecule has 0 aromatic carbocycles. The Balaban J connectivity index is 3.65. The van der Waals surface area contributed by atoms with Crippen molar-refractivity contribution in [3.8, 4) is 0 Å². The zero-order chi connectivity index (χ0) is 6.73. The largest absolute Gasteiger partial charge is 0.349 e. The molecule has 48 valence electrons.